The maximum Gasteiger partial charge on any atom is 0.313 e. The molecule has 2 aliphatic rings. The van der Waals surface area contributed by atoms with Gasteiger partial charge in [0.05, 0.1) is 13.2 Å². The van der Waals surface area contributed by atoms with Crippen molar-refractivity contribution in [1.29, 1.82) is 0 Å². The van der Waals surface area contributed by atoms with E-state index < -0.39 is 29.2 Å². The lowest BCUT2D eigenvalue weighted by Gasteiger charge is -2.37. The number of piperidine rings is 1. The van der Waals surface area contributed by atoms with Crippen molar-refractivity contribution in [1.82, 2.24) is 4.90 Å². The number of carbonyl (C=O) groups is 2. The van der Waals surface area contributed by atoms with Crippen LogP contribution in [0.25, 0.3) is 0 Å². The Balaban J connectivity index is 1.57. The highest BCUT2D eigenvalue weighted by atomic mass is 19.2. The molecule has 1 aromatic rings. The van der Waals surface area contributed by atoms with E-state index in [0.29, 0.717) is 39.1 Å². The van der Waals surface area contributed by atoms with E-state index in [2.05, 4.69) is 5.32 Å². The van der Waals surface area contributed by atoms with Crippen molar-refractivity contribution >= 4 is 17.5 Å². The van der Waals surface area contributed by atoms with E-state index in [9.17, 15) is 18.4 Å². The summed E-state index contributed by atoms with van der Waals surface area (Å²) in [5, 5.41) is 2.27. The van der Waals surface area contributed by atoms with E-state index >= 15 is 0 Å². The molecular weight excluding hydrogens is 310 g/mol. The van der Waals surface area contributed by atoms with Crippen LogP contribution < -0.4 is 5.32 Å². The fraction of sp³-hybridized carbons (Fsp3) is 0.467. The molecule has 23 heavy (non-hydrogen) atoms. The van der Waals surface area contributed by atoms with Crippen LogP contribution >= 0.6 is 0 Å². The van der Waals surface area contributed by atoms with Crippen LogP contribution in [0, 0.1) is 11.6 Å². The molecule has 2 saturated heterocycles. The minimum atomic E-state index is -1.09. The molecule has 2 aliphatic heterocycles. The lowest BCUT2D eigenvalue weighted by molar-refractivity contribution is -0.187. The van der Waals surface area contributed by atoms with Crippen LogP contribution in [0.4, 0.5) is 14.5 Å². The molecule has 8 heteroatoms. The van der Waals surface area contributed by atoms with Gasteiger partial charge < -0.3 is 19.7 Å². The molecule has 0 aliphatic carbocycles. The van der Waals surface area contributed by atoms with E-state index in [1.165, 1.54) is 11.0 Å². The van der Waals surface area contributed by atoms with E-state index in [0.717, 1.165) is 12.1 Å². The first kappa shape index (κ1) is 15.8. The molecule has 2 fully saturated rings. The van der Waals surface area contributed by atoms with E-state index in [1.54, 1.807) is 0 Å². The van der Waals surface area contributed by atoms with Crippen molar-refractivity contribution in [2.45, 2.75) is 18.6 Å². The summed E-state index contributed by atoms with van der Waals surface area (Å²) in [6, 6.07) is 2.90. The first-order valence-corrected chi connectivity index (χ1v) is 7.32. The predicted molar refractivity (Wildman–Crippen MR) is 75.4 cm³/mol. The zero-order chi connectivity index (χ0) is 16.4. The second-order valence-electron chi connectivity index (χ2n) is 5.48. The molecule has 0 atom stereocenters. The van der Waals surface area contributed by atoms with Gasteiger partial charge in [-0.15, -0.1) is 0 Å². The van der Waals surface area contributed by atoms with E-state index in [1.807, 2.05) is 0 Å². The molecule has 6 nitrogen and oxygen atoms in total. The van der Waals surface area contributed by atoms with Gasteiger partial charge in [-0.3, -0.25) is 9.59 Å². The Bertz CT molecular complexity index is 622. The average molecular weight is 326 g/mol. The monoisotopic (exact) mass is 326 g/mol. The molecule has 0 radical (unpaired) electrons. The lowest BCUT2D eigenvalue weighted by Crippen LogP contribution is -2.50. The highest BCUT2D eigenvalue weighted by molar-refractivity contribution is 6.39. The summed E-state index contributed by atoms with van der Waals surface area (Å²) >= 11 is 0. The molecular formula is C15H16F2N2O4. The predicted octanol–water partition coefficient (Wildman–Crippen LogP) is 1.27. The number of amides is 2. The van der Waals surface area contributed by atoms with Crippen molar-refractivity contribution in [3.05, 3.63) is 29.8 Å². The molecule has 1 spiro atoms. The fourth-order valence-corrected chi connectivity index (χ4v) is 2.74. The van der Waals surface area contributed by atoms with Crippen molar-refractivity contribution in [2.24, 2.45) is 0 Å². The summed E-state index contributed by atoms with van der Waals surface area (Å²) in [7, 11) is 0. The second-order valence-corrected chi connectivity index (χ2v) is 5.48. The number of anilines is 1. The van der Waals surface area contributed by atoms with Gasteiger partial charge in [-0.2, -0.15) is 0 Å². The molecule has 0 bridgehead atoms. The summed E-state index contributed by atoms with van der Waals surface area (Å²) in [6.45, 7) is 1.74. The number of ether oxygens (including phenoxy) is 2. The number of hydrogen-bond donors (Lipinski definition) is 1. The Morgan fingerprint density at radius 1 is 1.09 bits per heavy atom. The van der Waals surface area contributed by atoms with Gasteiger partial charge in [0, 0.05) is 37.7 Å². The summed E-state index contributed by atoms with van der Waals surface area (Å²) in [6.07, 6.45) is 0.994. The topological polar surface area (TPSA) is 67.9 Å². The van der Waals surface area contributed by atoms with Gasteiger partial charge in [0.2, 0.25) is 0 Å². The van der Waals surface area contributed by atoms with E-state index in [-0.39, 0.29) is 5.69 Å². The van der Waals surface area contributed by atoms with Crippen molar-refractivity contribution in [3.63, 3.8) is 0 Å². The van der Waals surface area contributed by atoms with Crippen LogP contribution in [0.15, 0.2) is 18.2 Å². The smallest absolute Gasteiger partial charge is 0.313 e. The van der Waals surface area contributed by atoms with Gasteiger partial charge in [-0.05, 0) is 12.1 Å². The molecule has 3 rings (SSSR count). The highest BCUT2D eigenvalue weighted by Crippen LogP contribution is 2.31. The third kappa shape index (κ3) is 3.32. The minimum absolute atomic E-state index is 0.0261. The Hall–Kier alpha value is -2.06. The van der Waals surface area contributed by atoms with Gasteiger partial charge >= 0.3 is 11.8 Å². The number of carbonyl (C=O) groups excluding carboxylic acids is 2. The maximum absolute atomic E-state index is 13.1. The molecule has 0 saturated carbocycles. The van der Waals surface area contributed by atoms with Crippen molar-refractivity contribution in [3.8, 4) is 0 Å². The SMILES string of the molecule is O=C(Nc1ccc(F)c(F)c1)C(=O)N1CCC2(CC1)OCCO2. The number of nitrogens with zero attached hydrogens (tertiary/aromatic N) is 1. The third-order valence-corrected chi connectivity index (χ3v) is 4.00. The number of benzene rings is 1. The molecule has 0 unspecified atom stereocenters. The van der Waals surface area contributed by atoms with Crippen LogP contribution in [-0.2, 0) is 19.1 Å². The molecule has 1 aromatic carbocycles. The standard InChI is InChI=1S/C15H16F2N2O4/c16-11-2-1-10(9-12(11)17)18-13(20)14(21)19-5-3-15(4-6-19)22-7-8-23-15/h1-2,9H,3-8H2,(H,18,20). The fourth-order valence-electron chi connectivity index (χ4n) is 2.74. The summed E-state index contributed by atoms with van der Waals surface area (Å²) in [5.41, 5.74) is 0.0261. The molecule has 0 aromatic heterocycles. The lowest BCUT2D eigenvalue weighted by atomic mass is 10.0. The Kier molecular flexibility index (Phi) is 4.27. The van der Waals surface area contributed by atoms with E-state index in [4.69, 9.17) is 9.47 Å². The number of hydrogen-bond acceptors (Lipinski definition) is 4. The van der Waals surface area contributed by atoms with Gasteiger partial charge in [0.25, 0.3) is 0 Å². The number of likely N-dealkylation sites (tertiary alicyclic amines) is 1. The number of rotatable bonds is 1. The average Bonchev–Trinajstić information content (AvgIpc) is 2.99. The molecule has 1 N–H and O–H groups in total. The Labute approximate surface area is 131 Å². The Morgan fingerprint density at radius 3 is 2.35 bits per heavy atom. The van der Waals surface area contributed by atoms with Crippen molar-refractivity contribution < 1.29 is 27.8 Å². The van der Waals surface area contributed by atoms with Crippen LogP contribution in [0.2, 0.25) is 0 Å². The van der Waals surface area contributed by atoms with Crippen LogP contribution in [0.1, 0.15) is 12.8 Å². The highest BCUT2D eigenvalue weighted by Gasteiger charge is 2.41. The van der Waals surface area contributed by atoms with Gasteiger partial charge in [-0.25, -0.2) is 8.78 Å². The Morgan fingerprint density at radius 2 is 1.74 bits per heavy atom. The second kappa shape index (κ2) is 6.21. The largest absolute Gasteiger partial charge is 0.347 e. The summed E-state index contributed by atoms with van der Waals surface area (Å²) in [5.74, 6) is -4.35. The molecule has 124 valence electrons. The van der Waals surface area contributed by atoms with Crippen LogP contribution in [-0.4, -0.2) is 48.8 Å². The quantitative estimate of drug-likeness (QED) is 0.789. The third-order valence-electron chi connectivity index (χ3n) is 4.00. The first-order chi connectivity index (χ1) is 11.0. The summed E-state index contributed by atoms with van der Waals surface area (Å²) < 4.78 is 37.1. The minimum Gasteiger partial charge on any atom is -0.347 e. The first-order valence-electron chi connectivity index (χ1n) is 7.32. The zero-order valence-corrected chi connectivity index (χ0v) is 12.3. The molecule has 2 amide bonds. The maximum atomic E-state index is 13.1. The zero-order valence-electron chi connectivity index (χ0n) is 12.3. The van der Waals surface area contributed by atoms with Gasteiger partial charge in [0.15, 0.2) is 17.4 Å². The molecule has 2 heterocycles. The number of halogens is 2. The van der Waals surface area contributed by atoms with Crippen LogP contribution in [0.3, 0.4) is 0 Å². The van der Waals surface area contributed by atoms with Gasteiger partial charge in [-0.1, -0.05) is 0 Å². The van der Waals surface area contributed by atoms with Crippen molar-refractivity contribution in [2.75, 3.05) is 31.6 Å². The summed E-state index contributed by atoms with van der Waals surface area (Å²) in [4.78, 5) is 25.5. The number of nitrogens with one attached hydrogen (secondary N) is 1. The normalized spacial score (nSPS) is 19.8. The van der Waals surface area contributed by atoms with Gasteiger partial charge in [0.1, 0.15) is 0 Å². The van der Waals surface area contributed by atoms with Crippen LogP contribution in [0.5, 0.6) is 0 Å².